The van der Waals surface area contributed by atoms with Gasteiger partial charge in [-0.25, -0.2) is 0 Å². The molecule has 1 heterocycles. The Balaban J connectivity index is 1.92. The van der Waals surface area contributed by atoms with Gasteiger partial charge in [-0.1, -0.05) is 29.8 Å². The van der Waals surface area contributed by atoms with E-state index in [0.29, 0.717) is 10.9 Å². The third kappa shape index (κ3) is 3.86. The van der Waals surface area contributed by atoms with E-state index in [-0.39, 0.29) is 5.91 Å². The summed E-state index contributed by atoms with van der Waals surface area (Å²) in [6.07, 6.45) is 7.95. The van der Waals surface area contributed by atoms with Crippen LogP contribution < -0.4 is 5.32 Å². The summed E-state index contributed by atoms with van der Waals surface area (Å²) in [4.78, 5) is 15.8. The van der Waals surface area contributed by atoms with Crippen molar-refractivity contribution in [2.24, 2.45) is 4.99 Å². The molecule has 3 nitrogen and oxygen atoms in total. The van der Waals surface area contributed by atoms with Gasteiger partial charge in [0.25, 0.3) is 0 Å². The predicted molar refractivity (Wildman–Crippen MR) is 74.7 cm³/mol. The fraction of sp³-hybridized carbons (Fsp3) is 0.143. The number of amidine groups is 1. The lowest BCUT2D eigenvalue weighted by Crippen LogP contribution is -2.28. The van der Waals surface area contributed by atoms with E-state index in [9.17, 15) is 4.79 Å². The largest absolute Gasteiger partial charge is 0.307 e. The minimum absolute atomic E-state index is 0.185. The second-order valence-electron chi connectivity index (χ2n) is 3.83. The van der Waals surface area contributed by atoms with Crippen LogP contribution in [0, 0.1) is 0 Å². The van der Waals surface area contributed by atoms with Crippen LogP contribution in [0.3, 0.4) is 0 Å². The summed E-state index contributed by atoms with van der Waals surface area (Å²) in [6.45, 7) is 0.729. The number of hydrogen-bond acceptors (Lipinski definition) is 2. The molecule has 0 atom stereocenters. The standard InChI is InChI=1S/C14H13ClN2O/c15-12-7-4-11(5-8-12)6-9-14(18)17-13-3-1-2-10-16-13/h1,3-9H,2,10H2,(H,16,17,18)/b9-6+. The molecule has 0 saturated heterocycles. The molecule has 0 bridgehead atoms. The lowest BCUT2D eigenvalue weighted by Gasteiger charge is -2.05. The number of halogens is 1. The zero-order chi connectivity index (χ0) is 12.8. The molecular weight excluding hydrogens is 248 g/mol. The minimum Gasteiger partial charge on any atom is -0.307 e. The lowest BCUT2D eigenvalue weighted by molar-refractivity contribution is -0.115. The first kappa shape index (κ1) is 12.6. The van der Waals surface area contributed by atoms with E-state index in [1.165, 1.54) is 6.08 Å². The summed E-state index contributed by atoms with van der Waals surface area (Å²) < 4.78 is 0. The van der Waals surface area contributed by atoms with Crippen LogP contribution in [0.4, 0.5) is 0 Å². The molecule has 1 amide bonds. The van der Waals surface area contributed by atoms with Gasteiger partial charge in [-0.3, -0.25) is 9.79 Å². The summed E-state index contributed by atoms with van der Waals surface area (Å²) in [5, 5.41) is 3.39. The van der Waals surface area contributed by atoms with Gasteiger partial charge < -0.3 is 5.32 Å². The van der Waals surface area contributed by atoms with Gasteiger partial charge in [0.05, 0.1) is 0 Å². The molecule has 0 aliphatic carbocycles. The number of carbonyl (C=O) groups excluding carboxylic acids is 1. The van der Waals surface area contributed by atoms with Gasteiger partial charge >= 0.3 is 0 Å². The first-order valence-corrected chi connectivity index (χ1v) is 6.07. The van der Waals surface area contributed by atoms with Crippen LogP contribution in [0.25, 0.3) is 6.08 Å². The highest BCUT2D eigenvalue weighted by molar-refractivity contribution is 6.30. The molecule has 4 heteroatoms. The number of rotatable bonds is 2. The van der Waals surface area contributed by atoms with Crippen molar-refractivity contribution < 1.29 is 4.79 Å². The monoisotopic (exact) mass is 260 g/mol. The number of carbonyl (C=O) groups is 1. The fourth-order valence-corrected chi connectivity index (χ4v) is 1.63. The number of aliphatic imine (C=N–C) groups is 1. The highest BCUT2D eigenvalue weighted by Crippen LogP contribution is 2.10. The highest BCUT2D eigenvalue weighted by Gasteiger charge is 2.01. The lowest BCUT2D eigenvalue weighted by atomic mass is 10.2. The Morgan fingerprint density at radius 1 is 1.33 bits per heavy atom. The molecule has 0 spiro atoms. The average molecular weight is 261 g/mol. The van der Waals surface area contributed by atoms with Crippen LogP contribution in [0.15, 0.2) is 47.5 Å². The Labute approximate surface area is 111 Å². The van der Waals surface area contributed by atoms with E-state index in [4.69, 9.17) is 11.6 Å². The molecule has 92 valence electrons. The van der Waals surface area contributed by atoms with E-state index in [1.54, 1.807) is 18.2 Å². The van der Waals surface area contributed by atoms with Crippen LogP contribution >= 0.6 is 11.6 Å². The van der Waals surface area contributed by atoms with Gasteiger partial charge in [0, 0.05) is 17.6 Å². The molecule has 1 aromatic carbocycles. The third-order valence-electron chi connectivity index (χ3n) is 2.40. The molecule has 0 unspecified atom stereocenters. The van der Waals surface area contributed by atoms with Crippen molar-refractivity contribution in [1.82, 2.24) is 5.32 Å². The topological polar surface area (TPSA) is 41.5 Å². The number of benzene rings is 1. The van der Waals surface area contributed by atoms with Gasteiger partial charge in [0.2, 0.25) is 5.91 Å². The van der Waals surface area contributed by atoms with E-state index in [0.717, 1.165) is 18.5 Å². The highest BCUT2D eigenvalue weighted by atomic mass is 35.5. The maximum atomic E-state index is 11.6. The maximum absolute atomic E-state index is 11.6. The van der Waals surface area contributed by atoms with Gasteiger partial charge in [-0.2, -0.15) is 0 Å². The molecule has 0 radical (unpaired) electrons. The van der Waals surface area contributed by atoms with Crippen molar-refractivity contribution in [3.63, 3.8) is 0 Å². The smallest absolute Gasteiger partial charge is 0.249 e. The summed E-state index contributed by atoms with van der Waals surface area (Å²) in [5.41, 5.74) is 0.927. The molecule has 1 aromatic rings. The van der Waals surface area contributed by atoms with Crippen LogP contribution in [0.5, 0.6) is 0 Å². The predicted octanol–water partition coefficient (Wildman–Crippen LogP) is 2.83. The zero-order valence-electron chi connectivity index (χ0n) is 9.77. The summed E-state index contributed by atoms with van der Waals surface area (Å²) in [7, 11) is 0. The molecule has 1 aliphatic rings. The number of nitrogens with one attached hydrogen (secondary N) is 1. The van der Waals surface area contributed by atoms with E-state index in [1.807, 2.05) is 24.3 Å². The van der Waals surface area contributed by atoms with Crippen LogP contribution in [-0.2, 0) is 4.79 Å². The molecule has 1 aliphatic heterocycles. The van der Waals surface area contributed by atoms with E-state index < -0.39 is 0 Å². The zero-order valence-corrected chi connectivity index (χ0v) is 10.5. The first-order chi connectivity index (χ1) is 8.74. The normalized spacial score (nSPS) is 14.6. The van der Waals surface area contributed by atoms with Gasteiger partial charge in [-0.05, 0) is 36.3 Å². The number of hydrogen-bond donors (Lipinski definition) is 1. The molecule has 0 saturated carbocycles. The molecular formula is C14H13ClN2O. The third-order valence-corrected chi connectivity index (χ3v) is 2.65. The fourth-order valence-electron chi connectivity index (χ4n) is 1.50. The Hall–Kier alpha value is -1.87. The van der Waals surface area contributed by atoms with E-state index >= 15 is 0 Å². The Kier molecular flexibility index (Phi) is 4.31. The van der Waals surface area contributed by atoms with Crippen molar-refractivity contribution in [3.8, 4) is 0 Å². The van der Waals surface area contributed by atoms with Gasteiger partial charge in [-0.15, -0.1) is 0 Å². The quantitative estimate of drug-likeness (QED) is 0.817. The number of nitrogens with zero attached hydrogens (tertiary/aromatic N) is 1. The second kappa shape index (κ2) is 6.17. The molecule has 1 N–H and O–H groups in total. The number of dihydropyridines is 1. The summed E-state index contributed by atoms with van der Waals surface area (Å²) >= 11 is 5.78. The molecule has 0 aromatic heterocycles. The van der Waals surface area contributed by atoms with Crippen LogP contribution in [-0.4, -0.2) is 18.3 Å². The first-order valence-electron chi connectivity index (χ1n) is 5.70. The summed E-state index contributed by atoms with van der Waals surface area (Å²) in [5.74, 6) is 0.433. The van der Waals surface area contributed by atoms with Crippen LogP contribution in [0.2, 0.25) is 5.02 Å². The molecule has 2 rings (SSSR count). The Bertz CT molecular complexity index is 515. The average Bonchev–Trinajstić information content (AvgIpc) is 2.39. The Morgan fingerprint density at radius 3 is 2.78 bits per heavy atom. The number of amides is 1. The van der Waals surface area contributed by atoms with Crippen molar-refractivity contribution in [2.45, 2.75) is 6.42 Å². The Morgan fingerprint density at radius 2 is 2.11 bits per heavy atom. The maximum Gasteiger partial charge on any atom is 0.249 e. The van der Waals surface area contributed by atoms with Gasteiger partial charge in [0.15, 0.2) is 0 Å². The van der Waals surface area contributed by atoms with Crippen LogP contribution in [0.1, 0.15) is 12.0 Å². The second-order valence-corrected chi connectivity index (χ2v) is 4.27. The van der Waals surface area contributed by atoms with Crippen molar-refractivity contribution in [2.75, 3.05) is 6.54 Å². The van der Waals surface area contributed by atoms with Crippen molar-refractivity contribution >= 4 is 29.4 Å². The van der Waals surface area contributed by atoms with E-state index in [2.05, 4.69) is 10.3 Å². The van der Waals surface area contributed by atoms with Gasteiger partial charge in [0.1, 0.15) is 5.84 Å². The van der Waals surface area contributed by atoms with Crippen molar-refractivity contribution in [3.05, 3.63) is 53.1 Å². The SMILES string of the molecule is O=C(/C=C/c1ccc(Cl)cc1)NC1=NCCC=C1. The van der Waals surface area contributed by atoms with Crippen molar-refractivity contribution in [1.29, 1.82) is 0 Å². The summed E-state index contributed by atoms with van der Waals surface area (Å²) in [6, 6.07) is 7.27. The minimum atomic E-state index is -0.185. The molecule has 18 heavy (non-hydrogen) atoms. The molecule has 0 fully saturated rings.